The van der Waals surface area contributed by atoms with Crippen molar-refractivity contribution in [1.29, 1.82) is 0 Å². The van der Waals surface area contributed by atoms with E-state index in [9.17, 15) is 14.4 Å². The monoisotopic (exact) mass is 609 g/mol. The summed E-state index contributed by atoms with van der Waals surface area (Å²) in [7, 11) is 1.66. The number of hydrogen-bond donors (Lipinski definition) is 0. The van der Waals surface area contributed by atoms with Gasteiger partial charge in [-0.2, -0.15) is 0 Å². The minimum Gasteiger partial charge on any atom is -0.462 e. The van der Waals surface area contributed by atoms with Gasteiger partial charge in [-0.15, -0.1) is 5.10 Å². The zero-order valence-corrected chi connectivity index (χ0v) is 28.1. The zero-order chi connectivity index (χ0) is 32.1. The highest BCUT2D eigenvalue weighted by Gasteiger charge is 2.29. The summed E-state index contributed by atoms with van der Waals surface area (Å²) in [6, 6.07) is 0. The van der Waals surface area contributed by atoms with Crippen LogP contribution in [0.3, 0.4) is 0 Å². The molecule has 1 atom stereocenters. The number of methoxy groups -OCH3 is 1. The molecule has 10 heteroatoms. The van der Waals surface area contributed by atoms with Crippen molar-refractivity contribution >= 4 is 17.7 Å². The van der Waals surface area contributed by atoms with E-state index in [0.29, 0.717) is 38.0 Å². The molecule has 1 aromatic heterocycles. The van der Waals surface area contributed by atoms with E-state index in [2.05, 4.69) is 24.2 Å². The number of aryl methyl sites for hydroxylation is 1. The van der Waals surface area contributed by atoms with E-state index in [-0.39, 0.29) is 42.9 Å². The third kappa shape index (κ3) is 18.2. The number of carbonyl (C=O) groups is 3. The van der Waals surface area contributed by atoms with Crippen LogP contribution in [0, 0.1) is 0 Å². The molecule has 43 heavy (non-hydrogen) atoms. The summed E-state index contributed by atoms with van der Waals surface area (Å²) in [5, 5.41) is 8.37. The van der Waals surface area contributed by atoms with Crippen LogP contribution in [0.2, 0.25) is 0 Å². The summed E-state index contributed by atoms with van der Waals surface area (Å²) in [5.74, 6) is -0.616. The predicted molar refractivity (Wildman–Crippen MR) is 167 cm³/mol. The Morgan fingerprint density at radius 1 is 0.860 bits per heavy atom. The highest BCUT2D eigenvalue weighted by molar-refractivity contribution is 5.86. The van der Waals surface area contributed by atoms with Gasteiger partial charge in [0.05, 0.1) is 24.4 Å². The van der Waals surface area contributed by atoms with Gasteiger partial charge in [-0.05, 0) is 47.0 Å². The Bertz CT molecular complexity index is 929. The van der Waals surface area contributed by atoms with E-state index in [0.717, 1.165) is 57.8 Å². The van der Waals surface area contributed by atoms with Crippen LogP contribution in [0.4, 0.5) is 0 Å². The third-order valence-corrected chi connectivity index (χ3v) is 7.67. The fraction of sp³-hybridized carbons (Fsp3) is 0.848. The smallest absolute Gasteiger partial charge is 0.306 e. The minimum absolute atomic E-state index is 0.0235. The lowest BCUT2D eigenvalue weighted by molar-refractivity contribution is -0.160. The standard InChI is InChI=1S/C33H59N3O7/c1-8-10-12-14-16-18-30(38)41-26-28(43-31(39)19-17-15-13-11-9-2)25-36-24-27(34-35-36)20-21-29(37)33(5,6)42-23-22-32(3,4)40-7/h24,28H,8-23,25-26H2,1-7H3. The zero-order valence-electron chi connectivity index (χ0n) is 28.1. The van der Waals surface area contributed by atoms with Crippen molar-refractivity contribution < 1.29 is 33.3 Å². The average molecular weight is 610 g/mol. The van der Waals surface area contributed by atoms with Crippen LogP contribution in [-0.2, 0) is 46.3 Å². The molecule has 0 aliphatic carbocycles. The first kappa shape index (κ1) is 38.7. The molecular formula is C33H59N3O7. The molecule has 1 rings (SSSR count). The number of rotatable bonds is 26. The largest absolute Gasteiger partial charge is 0.462 e. The fourth-order valence-corrected chi connectivity index (χ4v) is 4.40. The first-order chi connectivity index (χ1) is 20.4. The summed E-state index contributed by atoms with van der Waals surface area (Å²) in [6.07, 6.45) is 13.5. The Kier molecular flexibility index (Phi) is 19.2. The molecule has 1 heterocycles. The maximum Gasteiger partial charge on any atom is 0.306 e. The summed E-state index contributed by atoms with van der Waals surface area (Å²) in [6.45, 7) is 12.4. The summed E-state index contributed by atoms with van der Waals surface area (Å²) >= 11 is 0. The van der Waals surface area contributed by atoms with Crippen molar-refractivity contribution in [3.8, 4) is 0 Å². The minimum atomic E-state index is -0.921. The third-order valence-electron chi connectivity index (χ3n) is 7.67. The SMILES string of the molecule is CCCCCCCC(=O)OCC(Cn1cc(CCC(=O)C(C)(C)OCCC(C)(C)OC)nn1)OC(=O)CCCCCCC. The predicted octanol–water partition coefficient (Wildman–Crippen LogP) is 6.57. The van der Waals surface area contributed by atoms with Crippen molar-refractivity contribution in [3.63, 3.8) is 0 Å². The van der Waals surface area contributed by atoms with Gasteiger partial charge in [0.25, 0.3) is 0 Å². The average Bonchev–Trinajstić information content (AvgIpc) is 3.41. The van der Waals surface area contributed by atoms with E-state index < -0.39 is 11.7 Å². The number of carbonyl (C=O) groups excluding carboxylic acids is 3. The highest BCUT2D eigenvalue weighted by atomic mass is 16.6. The lowest BCUT2D eigenvalue weighted by atomic mass is 9.98. The molecular weight excluding hydrogens is 550 g/mol. The maximum absolute atomic E-state index is 12.9. The molecule has 0 N–H and O–H groups in total. The van der Waals surface area contributed by atoms with Gasteiger partial charge >= 0.3 is 11.9 Å². The number of nitrogens with zero attached hydrogens (tertiary/aromatic N) is 3. The Balaban J connectivity index is 2.66. The van der Waals surface area contributed by atoms with Gasteiger partial charge in [-0.1, -0.05) is 70.4 Å². The molecule has 0 amide bonds. The van der Waals surface area contributed by atoms with E-state index in [1.807, 2.05) is 13.8 Å². The first-order valence-corrected chi connectivity index (χ1v) is 16.4. The lowest BCUT2D eigenvalue weighted by Crippen LogP contribution is -2.37. The van der Waals surface area contributed by atoms with Gasteiger partial charge in [0, 0.05) is 39.0 Å². The second-order valence-corrected chi connectivity index (χ2v) is 12.6. The van der Waals surface area contributed by atoms with Gasteiger partial charge < -0.3 is 18.9 Å². The Morgan fingerprint density at radius 2 is 1.47 bits per heavy atom. The second-order valence-electron chi connectivity index (χ2n) is 12.6. The van der Waals surface area contributed by atoms with Crippen LogP contribution in [0.1, 0.15) is 137 Å². The molecule has 1 unspecified atom stereocenters. The van der Waals surface area contributed by atoms with E-state index in [1.165, 1.54) is 6.42 Å². The molecule has 0 spiro atoms. The van der Waals surface area contributed by atoms with E-state index in [4.69, 9.17) is 18.9 Å². The van der Waals surface area contributed by atoms with E-state index in [1.54, 1.807) is 31.8 Å². The summed E-state index contributed by atoms with van der Waals surface area (Å²) in [5.41, 5.74) is -0.588. The fourth-order valence-electron chi connectivity index (χ4n) is 4.40. The van der Waals surface area contributed by atoms with Crippen LogP contribution >= 0.6 is 0 Å². The first-order valence-electron chi connectivity index (χ1n) is 16.4. The van der Waals surface area contributed by atoms with Crippen molar-refractivity contribution in [2.75, 3.05) is 20.3 Å². The number of unbranched alkanes of at least 4 members (excludes halogenated alkanes) is 8. The molecule has 0 aliphatic heterocycles. The molecule has 0 saturated heterocycles. The number of ketones is 1. The lowest BCUT2D eigenvalue weighted by Gasteiger charge is -2.27. The Hall–Kier alpha value is -2.33. The maximum atomic E-state index is 12.9. The quantitative estimate of drug-likeness (QED) is 0.0849. The summed E-state index contributed by atoms with van der Waals surface area (Å²) < 4.78 is 24.1. The Labute approximate surface area is 259 Å². The summed E-state index contributed by atoms with van der Waals surface area (Å²) in [4.78, 5) is 37.7. The molecule has 0 aromatic carbocycles. The molecule has 0 saturated carbocycles. The molecule has 10 nitrogen and oxygen atoms in total. The molecule has 1 aromatic rings. The van der Waals surface area contributed by atoms with Crippen LogP contribution < -0.4 is 0 Å². The second kappa shape index (κ2) is 21.4. The normalized spacial score (nSPS) is 12.7. The van der Waals surface area contributed by atoms with Gasteiger partial charge in [0.15, 0.2) is 11.9 Å². The Morgan fingerprint density at radius 3 is 2.07 bits per heavy atom. The molecule has 0 aliphatic rings. The van der Waals surface area contributed by atoms with Gasteiger partial charge in [0.1, 0.15) is 12.2 Å². The molecule has 248 valence electrons. The van der Waals surface area contributed by atoms with E-state index >= 15 is 0 Å². The molecule has 0 radical (unpaired) electrons. The van der Waals surface area contributed by atoms with Crippen molar-refractivity contribution in [2.24, 2.45) is 0 Å². The van der Waals surface area contributed by atoms with Crippen molar-refractivity contribution in [2.45, 2.75) is 162 Å². The number of aromatic nitrogens is 3. The van der Waals surface area contributed by atoms with Gasteiger partial charge in [-0.25, -0.2) is 4.68 Å². The number of ether oxygens (including phenoxy) is 4. The van der Waals surface area contributed by atoms with Gasteiger partial charge in [-0.3, -0.25) is 14.4 Å². The van der Waals surface area contributed by atoms with Crippen LogP contribution in [0.5, 0.6) is 0 Å². The van der Waals surface area contributed by atoms with Crippen LogP contribution in [0.15, 0.2) is 6.20 Å². The number of esters is 2. The van der Waals surface area contributed by atoms with Crippen molar-refractivity contribution in [3.05, 3.63) is 11.9 Å². The van der Waals surface area contributed by atoms with Crippen molar-refractivity contribution in [1.82, 2.24) is 15.0 Å². The van der Waals surface area contributed by atoms with Gasteiger partial charge in [0.2, 0.25) is 0 Å². The number of Topliss-reactive ketones (excluding diaryl/α,β-unsaturated/α-hetero) is 1. The molecule has 0 bridgehead atoms. The van der Waals surface area contributed by atoms with Crippen LogP contribution in [-0.4, -0.2) is 70.3 Å². The topological polar surface area (TPSA) is 119 Å². The molecule has 0 fully saturated rings. The highest BCUT2D eigenvalue weighted by Crippen LogP contribution is 2.19. The van der Waals surface area contributed by atoms with Crippen LogP contribution in [0.25, 0.3) is 0 Å². The number of hydrogen-bond acceptors (Lipinski definition) is 9.